The molecule has 14 heavy (non-hydrogen) atoms. The monoisotopic (exact) mass is 214 g/mol. The Hall–Kier alpha value is -0.480. The van der Waals surface area contributed by atoms with Gasteiger partial charge in [0.25, 0.3) is 5.22 Å². The number of aromatic nitrogens is 1. The van der Waals surface area contributed by atoms with Gasteiger partial charge in [0.2, 0.25) is 0 Å². The van der Waals surface area contributed by atoms with Crippen LogP contribution in [0.25, 0.3) is 0 Å². The number of hydrogen-bond acceptors (Lipinski definition) is 4. The molecule has 0 aliphatic carbocycles. The molecule has 0 aliphatic rings. The van der Waals surface area contributed by atoms with Crippen molar-refractivity contribution in [3.8, 4) is 0 Å². The van der Waals surface area contributed by atoms with Crippen LogP contribution in [0.5, 0.6) is 0 Å². The van der Waals surface area contributed by atoms with Gasteiger partial charge in [-0.15, -0.1) is 0 Å². The van der Waals surface area contributed by atoms with Crippen LogP contribution >= 0.6 is 11.8 Å². The van der Waals surface area contributed by atoms with E-state index in [0.29, 0.717) is 17.0 Å². The molecule has 1 aromatic rings. The maximum absolute atomic E-state index is 5.72. The van der Waals surface area contributed by atoms with Crippen molar-refractivity contribution in [3.05, 3.63) is 12.0 Å². The van der Waals surface area contributed by atoms with Gasteiger partial charge in [-0.05, 0) is 12.3 Å². The number of oxazole rings is 1. The number of nitrogens with two attached hydrogens (primary N) is 1. The summed E-state index contributed by atoms with van der Waals surface area (Å²) < 4.78 is 5.29. The second-order valence-electron chi connectivity index (χ2n) is 4.46. The van der Waals surface area contributed by atoms with Gasteiger partial charge in [0.15, 0.2) is 0 Å². The predicted octanol–water partition coefficient (Wildman–Crippen LogP) is 2.45. The van der Waals surface area contributed by atoms with Gasteiger partial charge < -0.3 is 10.2 Å². The van der Waals surface area contributed by atoms with E-state index in [1.165, 1.54) is 0 Å². The molecule has 1 unspecified atom stereocenters. The van der Waals surface area contributed by atoms with E-state index in [1.807, 2.05) is 6.92 Å². The number of hydrogen-bond donors (Lipinski definition) is 1. The third-order valence-electron chi connectivity index (χ3n) is 2.02. The van der Waals surface area contributed by atoms with Gasteiger partial charge in [-0.2, -0.15) is 0 Å². The van der Waals surface area contributed by atoms with Crippen LogP contribution in [0.15, 0.2) is 15.9 Å². The largest absolute Gasteiger partial charge is 0.440 e. The van der Waals surface area contributed by atoms with Crippen LogP contribution in [-0.4, -0.2) is 16.8 Å². The molecule has 0 fully saturated rings. The van der Waals surface area contributed by atoms with Crippen molar-refractivity contribution in [2.75, 3.05) is 6.54 Å². The van der Waals surface area contributed by atoms with E-state index in [0.717, 1.165) is 5.69 Å². The third kappa shape index (κ3) is 3.03. The van der Waals surface area contributed by atoms with Crippen LogP contribution in [0.2, 0.25) is 0 Å². The summed E-state index contributed by atoms with van der Waals surface area (Å²) in [5, 5.41) is 1.05. The first-order chi connectivity index (χ1) is 6.43. The summed E-state index contributed by atoms with van der Waals surface area (Å²) in [6.07, 6.45) is 1.67. The van der Waals surface area contributed by atoms with E-state index >= 15 is 0 Å². The van der Waals surface area contributed by atoms with Gasteiger partial charge in [-0.1, -0.05) is 32.5 Å². The minimum Gasteiger partial charge on any atom is -0.440 e. The molecule has 0 amide bonds. The Bertz CT molecular complexity index is 291. The summed E-state index contributed by atoms with van der Waals surface area (Å²) >= 11 is 1.61. The Kier molecular flexibility index (Phi) is 3.61. The molecular formula is C10H18N2OS. The molecule has 4 heteroatoms. The molecule has 0 spiro atoms. The molecule has 1 heterocycles. The average Bonchev–Trinajstić information content (AvgIpc) is 2.45. The van der Waals surface area contributed by atoms with Crippen molar-refractivity contribution in [2.24, 2.45) is 11.1 Å². The minimum atomic E-state index is 0.168. The van der Waals surface area contributed by atoms with Crippen LogP contribution in [0.1, 0.15) is 26.5 Å². The lowest BCUT2D eigenvalue weighted by Crippen LogP contribution is -2.30. The van der Waals surface area contributed by atoms with Crippen LogP contribution in [0.4, 0.5) is 0 Å². The second kappa shape index (κ2) is 4.36. The third-order valence-corrected chi connectivity index (χ3v) is 3.59. The van der Waals surface area contributed by atoms with Crippen LogP contribution in [0.3, 0.4) is 0 Å². The molecule has 3 nitrogen and oxygen atoms in total. The fraction of sp³-hybridized carbons (Fsp3) is 0.700. The molecule has 2 N–H and O–H groups in total. The van der Waals surface area contributed by atoms with Crippen LogP contribution in [0, 0.1) is 12.3 Å². The number of aryl methyl sites for hydroxylation is 1. The smallest absolute Gasteiger partial charge is 0.256 e. The Balaban J connectivity index is 2.66. The quantitative estimate of drug-likeness (QED) is 0.785. The molecule has 0 aromatic carbocycles. The van der Waals surface area contributed by atoms with Crippen molar-refractivity contribution in [1.82, 2.24) is 4.98 Å². The van der Waals surface area contributed by atoms with Crippen molar-refractivity contribution in [2.45, 2.75) is 38.2 Å². The number of rotatable bonds is 3. The standard InChI is InChI=1S/C10H18N2OS/c1-7-6-13-9(12-7)14-8(5-11)10(2,3)4/h6,8H,5,11H2,1-4H3. The van der Waals surface area contributed by atoms with Gasteiger partial charge in [-0.25, -0.2) is 4.98 Å². The molecule has 0 aliphatic heterocycles. The average molecular weight is 214 g/mol. The normalized spacial score (nSPS) is 14.4. The Morgan fingerprint density at radius 2 is 2.21 bits per heavy atom. The van der Waals surface area contributed by atoms with Gasteiger partial charge in [-0.3, -0.25) is 0 Å². The van der Waals surface area contributed by atoms with Crippen molar-refractivity contribution < 1.29 is 4.42 Å². The summed E-state index contributed by atoms with van der Waals surface area (Å²) in [4.78, 5) is 4.25. The van der Waals surface area contributed by atoms with E-state index in [-0.39, 0.29) is 5.41 Å². The fourth-order valence-corrected chi connectivity index (χ4v) is 2.08. The van der Waals surface area contributed by atoms with Gasteiger partial charge in [0, 0.05) is 11.8 Å². The van der Waals surface area contributed by atoms with E-state index in [4.69, 9.17) is 10.2 Å². The van der Waals surface area contributed by atoms with Crippen molar-refractivity contribution >= 4 is 11.8 Å². The van der Waals surface area contributed by atoms with Gasteiger partial charge in [0.1, 0.15) is 6.26 Å². The van der Waals surface area contributed by atoms with Crippen LogP contribution in [-0.2, 0) is 0 Å². The minimum absolute atomic E-state index is 0.168. The predicted molar refractivity (Wildman–Crippen MR) is 59.4 cm³/mol. The van der Waals surface area contributed by atoms with E-state index in [1.54, 1.807) is 18.0 Å². The summed E-state index contributed by atoms with van der Waals surface area (Å²) in [5.41, 5.74) is 6.81. The summed E-state index contributed by atoms with van der Waals surface area (Å²) in [7, 11) is 0. The molecule has 1 rings (SSSR count). The van der Waals surface area contributed by atoms with Crippen LogP contribution < -0.4 is 5.73 Å². The summed E-state index contributed by atoms with van der Waals surface area (Å²) in [5.74, 6) is 0. The molecule has 0 saturated carbocycles. The molecule has 1 aromatic heterocycles. The number of thioether (sulfide) groups is 1. The van der Waals surface area contributed by atoms with Crippen molar-refractivity contribution in [3.63, 3.8) is 0 Å². The molecular weight excluding hydrogens is 196 g/mol. The molecule has 1 atom stereocenters. The van der Waals surface area contributed by atoms with Crippen molar-refractivity contribution in [1.29, 1.82) is 0 Å². The lowest BCUT2D eigenvalue weighted by Gasteiger charge is -2.27. The summed E-state index contributed by atoms with van der Waals surface area (Å²) in [6, 6.07) is 0. The van der Waals surface area contributed by atoms with E-state index < -0.39 is 0 Å². The SMILES string of the molecule is Cc1coc(SC(CN)C(C)(C)C)n1. The zero-order chi connectivity index (χ0) is 10.8. The maximum atomic E-state index is 5.72. The number of nitrogens with zero attached hydrogens (tertiary/aromatic N) is 1. The molecule has 0 bridgehead atoms. The van der Waals surface area contributed by atoms with Gasteiger partial charge in [0.05, 0.1) is 5.69 Å². The first-order valence-corrected chi connectivity index (χ1v) is 5.60. The first-order valence-electron chi connectivity index (χ1n) is 4.72. The highest BCUT2D eigenvalue weighted by molar-refractivity contribution is 7.99. The Labute approximate surface area is 89.5 Å². The second-order valence-corrected chi connectivity index (χ2v) is 5.62. The highest BCUT2D eigenvalue weighted by atomic mass is 32.2. The lowest BCUT2D eigenvalue weighted by molar-refractivity contribution is 0.390. The summed E-state index contributed by atoms with van der Waals surface area (Å²) in [6.45, 7) is 9.08. The molecule has 0 saturated heterocycles. The van der Waals surface area contributed by atoms with E-state index in [9.17, 15) is 0 Å². The highest BCUT2D eigenvalue weighted by Gasteiger charge is 2.25. The fourth-order valence-electron chi connectivity index (χ4n) is 1.09. The highest BCUT2D eigenvalue weighted by Crippen LogP contribution is 2.33. The molecule has 80 valence electrons. The molecule has 0 radical (unpaired) electrons. The maximum Gasteiger partial charge on any atom is 0.256 e. The van der Waals surface area contributed by atoms with Gasteiger partial charge >= 0.3 is 0 Å². The lowest BCUT2D eigenvalue weighted by atomic mass is 9.92. The van der Waals surface area contributed by atoms with E-state index in [2.05, 4.69) is 25.8 Å². The zero-order valence-corrected chi connectivity index (χ0v) is 10.0. The first kappa shape index (κ1) is 11.6. The topological polar surface area (TPSA) is 52.0 Å². The Morgan fingerprint density at radius 3 is 2.57 bits per heavy atom. The Morgan fingerprint density at radius 1 is 1.57 bits per heavy atom. The zero-order valence-electron chi connectivity index (χ0n) is 9.20.